The van der Waals surface area contributed by atoms with Gasteiger partial charge in [-0.3, -0.25) is 0 Å². The van der Waals surface area contributed by atoms with Gasteiger partial charge in [-0.2, -0.15) is 0 Å². The third kappa shape index (κ3) is 3.80. The van der Waals surface area contributed by atoms with E-state index in [2.05, 4.69) is 121 Å². The van der Waals surface area contributed by atoms with Gasteiger partial charge in [0.2, 0.25) is 0 Å². The lowest BCUT2D eigenvalue weighted by Crippen LogP contribution is -2.39. The van der Waals surface area contributed by atoms with E-state index in [1.165, 1.54) is 11.1 Å². The van der Waals surface area contributed by atoms with Crippen LogP contribution in [0.2, 0.25) is 0 Å². The first-order chi connectivity index (χ1) is 15.2. The van der Waals surface area contributed by atoms with E-state index < -0.39 is 0 Å². The van der Waals surface area contributed by atoms with Crippen molar-refractivity contribution in [2.24, 2.45) is 0 Å². The zero-order chi connectivity index (χ0) is 21.2. The first-order valence-corrected chi connectivity index (χ1v) is 10.7. The molecule has 0 radical (unpaired) electrons. The van der Waals surface area contributed by atoms with Crippen LogP contribution in [0, 0.1) is 13.8 Å². The van der Waals surface area contributed by atoms with Gasteiger partial charge in [0.1, 0.15) is 0 Å². The molecule has 4 aromatic carbocycles. The zero-order valence-electron chi connectivity index (χ0n) is 17.8. The molecule has 1 aliphatic heterocycles. The van der Waals surface area contributed by atoms with Gasteiger partial charge in [0.25, 0.3) is 0 Å². The molecule has 3 nitrogen and oxygen atoms in total. The van der Waals surface area contributed by atoms with E-state index in [1.807, 2.05) is 12.1 Å². The minimum absolute atomic E-state index is 0.241. The Hall–Kier alpha value is -3.56. The van der Waals surface area contributed by atoms with Crippen LogP contribution in [0.1, 0.15) is 34.7 Å². The van der Waals surface area contributed by atoms with Crippen molar-refractivity contribution in [2.45, 2.75) is 26.3 Å². The smallest absolute Gasteiger partial charge is 0.177 e. The molecule has 31 heavy (non-hydrogen) atoms. The molecule has 0 N–H and O–H groups in total. The van der Waals surface area contributed by atoms with Crippen molar-refractivity contribution in [2.75, 3.05) is 10.0 Å². The van der Waals surface area contributed by atoms with Crippen molar-refractivity contribution < 1.29 is 4.74 Å². The van der Waals surface area contributed by atoms with Gasteiger partial charge in [-0.25, -0.2) is 10.0 Å². The molecule has 154 valence electrons. The SMILES string of the molecule is Cc1ccc(C2OC(c3ccc(C)cc3)N(c3ccccc3)N2c2ccccc2)cc1. The molecule has 1 heterocycles. The van der Waals surface area contributed by atoms with Crippen LogP contribution in [-0.2, 0) is 4.74 Å². The summed E-state index contributed by atoms with van der Waals surface area (Å²) in [5.41, 5.74) is 6.92. The van der Waals surface area contributed by atoms with Crippen LogP contribution in [0.4, 0.5) is 11.4 Å². The van der Waals surface area contributed by atoms with Gasteiger partial charge in [-0.05, 0) is 38.1 Å². The Labute approximate surface area is 184 Å². The Kier molecular flexibility index (Phi) is 5.19. The summed E-state index contributed by atoms with van der Waals surface area (Å²) >= 11 is 0. The van der Waals surface area contributed by atoms with Gasteiger partial charge >= 0.3 is 0 Å². The third-order valence-electron chi connectivity index (χ3n) is 5.70. The lowest BCUT2D eigenvalue weighted by atomic mass is 10.1. The molecule has 0 aliphatic carbocycles. The Morgan fingerprint density at radius 2 is 0.839 bits per heavy atom. The molecule has 0 aromatic heterocycles. The van der Waals surface area contributed by atoms with Gasteiger partial charge in [0.15, 0.2) is 12.5 Å². The second-order valence-corrected chi connectivity index (χ2v) is 8.02. The summed E-state index contributed by atoms with van der Waals surface area (Å²) in [6, 6.07) is 38.2. The van der Waals surface area contributed by atoms with Crippen LogP contribution in [0.3, 0.4) is 0 Å². The molecule has 5 rings (SSSR count). The molecule has 0 bridgehead atoms. The molecule has 1 fully saturated rings. The highest BCUT2D eigenvalue weighted by Crippen LogP contribution is 2.46. The first kappa shape index (κ1) is 19.4. The number of hydrogen-bond acceptors (Lipinski definition) is 3. The van der Waals surface area contributed by atoms with Crippen LogP contribution in [-0.4, -0.2) is 0 Å². The molecule has 0 spiro atoms. The highest BCUT2D eigenvalue weighted by molar-refractivity contribution is 5.61. The van der Waals surface area contributed by atoms with E-state index in [0.717, 1.165) is 22.5 Å². The molecule has 3 heteroatoms. The quantitative estimate of drug-likeness (QED) is 0.364. The fourth-order valence-electron chi connectivity index (χ4n) is 4.05. The highest BCUT2D eigenvalue weighted by atomic mass is 16.6. The second-order valence-electron chi connectivity index (χ2n) is 8.02. The molecule has 0 amide bonds. The van der Waals surface area contributed by atoms with Crippen molar-refractivity contribution in [1.29, 1.82) is 0 Å². The molecular weight excluding hydrogens is 380 g/mol. The van der Waals surface area contributed by atoms with Crippen molar-refractivity contribution in [3.63, 3.8) is 0 Å². The number of rotatable bonds is 4. The minimum atomic E-state index is -0.241. The summed E-state index contributed by atoms with van der Waals surface area (Å²) in [7, 11) is 0. The number of nitrogens with zero attached hydrogens (tertiary/aromatic N) is 2. The number of benzene rings is 4. The minimum Gasteiger partial charge on any atom is -0.323 e. The summed E-state index contributed by atoms with van der Waals surface area (Å²) in [5.74, 6) is 0. The third-order valence-corrected chi connectivity index (χ3v) is 5.70. The van der Waals surface area contributed by atoms with Crippen molar-refractivity contribution >= 4 is 11.4 Å². The Bertz CT molecular complexity index is 1030. The summed E-state index contributed by atoms with van der Waals surface area (Å²) in [5, 5.41) is 4.54. The lowest BCUT2D eigenvalue weighted by molar-refractivity contribution is 0.0451. The average Bonchev–Trinajstić information content (AvgIpc) is 3.22. The number of hydrogen-bond donors (Lipinski definition) is 0. The van der Waals surface area contributed by atoms with Gasteiger partial charge in [0.05, 0.1) is 11.4 Å². The van der Waals surface area contributed by atoms with Crippen molar-refractivity contribution in [1.82, 2.24) is 0 Å². The van der Waals surface area contributed by atoms with Crippen LogP contribution in [0.5, 0.6) is 0 Å². The van der Waals surface area contributed by atoms with Gasteiger partial charge in [-0.15, -0.1) is 0 Å². The van der Waals surface area contributed by atoms with Crippen molar-refractivity contribution in [3.8, 4) is 0 Å². The van der Waals surface area contributed by atoms with E-state index in [9.17, 15) is 0 Å². The maximum Gasteiger partial charge on any atom is 0.177 e. The van der Waals surface area contributed by atoms with E-state index in [0.29, 0.717) is 0 Å². The molecule has 2 atom stereocenters. The Morgan fingerprint density at radius 3 is 1.19 bits per heavy atom. The molecular formula is C28H26N2O. The number of para-hydroxylation sites is 2. The zero-order valence-corrected chi connectivity index (χ0v) is 17.8. The van der Waals surface area contributed by atoms with E-state index >= 15 is 0 Å². The predicted molar refractivity (Wildman–Crippen MR) is 127 cm³/mol. The largest absolute Gasteiger partial charge is 0.323 e. The van der Waals surface area contributed by atoms with Gasteiger partial charge < -0.3 is 4.74 Å². The van der Waals surface area contributed by atoms with E-state index in [-0.39, 0.29) is 12.5 Å². The monoisotopic (exact) mass is 406 g/mol. The van der Waals surface area contributed by atoms with E-state index in [4.69, 9.17) is 4.74 Å². The molecule has 2 unspecified atom stereocenters. The maximum atomic E-state index is 6.80. The lowest BCUT2D eigenvalue weighted by Gasteiger charge is -2.35. The number of anilines is 2. The summed E-state index contributed by atoms with van der Waals surface area (Å²) in [6.07, 6.45) is -0.482. The second kappa shape index (κ2) is 8.29. The van der Waals surface area contributed by atoms with Crippen molar-refractivity contribution in [3.05, 3.63) is 131 Å². The Balaban J connectivity index is 1.68. The van der Waals surface area contributed by atoms with Crippen LogP contribution in [0.25, 0.3) is 0 Å². The summed E-state index contributed by atoms with van der Waals surface area (Å²) < 4.78 is 6.80. The average molecular weight is 407 g/mol. The molecule has 0 saturated carbocycles. The Morgan fingerprint density at radius 1 is 0.484 bits per heavy atom. The van der Waals surface area contributed by atoms with Crippen LogP contribution < -0.4 is 10.0 Å². The van der Waals surface area contributed by atoms with Crippen LogP contribution >= 0.6 is 0 Å². The fourth-order valence-corrected chi connectivity index (χ4v) is 4.05. The van der Waals surface area contributed by atoms with Gasteiger partial charge in [0, 0.05) is 11.1 Å². The molecule has 1 aliphatic rings. The van der Waals surface area contributed by atoms with E-state index in [1.54, 1.807) is 0 Å². The normalized spacial score (nSPS) is 18.4. The summed E-state index contributed by atoms with van der Waals surface area (Å²) in [6.45, 7) is 4.22. The molecule has 1 saturated heterocycles. The number of ether oxygens (including phenoxy) is 1. The van der Waals surface area contributed by atoms with Gasteiger partial charge in [-0.1, -0.05) is 96.1 Å². The standard InChI is InChI=1S/C28H26N2O/c1-21-13-17-23(18-14-21)27-29(25-9-5-3-6-10-25)30(26-11-7-4-8-12-26)28(31-27)24-19-15-22(2)16-20-24/h3-20,27-28H,1-2H3. The summed E-state index contributed by atoms with van der Waals surface area (Å²) in [4.78, 5) is 0. The fraction of sp³-hybridized carbons (Fsp3) is 0.143. The highest BCUT2D eigenvalue weighted by Gasteiger charge is 2.42. The predicted octanol–water partition coefficient (Wildman–Crippen LogP) is 6.96. The number of aryl methyl sites for hydroxylation is 2. The topological polar surface area (TPSA) is 15.7 Å². The molecule has 4 aromatic rings. The first-order valence-electron chi connectivity index (χ1n) is 10.7. The maximum absolute atomic E-state index is 6.80. The van der Waals surface area contributed by atoms with Crippen LogP contribution in [0.15, 0.2) is 109 Å². The number of hydrazine groups is 1.